The van der Waals surface area contributed by atoms with E-state index in [1.807, 2.05) is 12.1 Å². The monoisotopic (exact) mass is 146 g/mol. The Bertz CT molecular complexity index is 299. The zero-order valence-corrected chi connectivity index (χ0v) is 6.29. The summed E-state index contributed by atoms with van der Waals surface area (Å²) >= 11 is 0. The Morgan fingerprint density at radius 1 is 1.55 bits per heavy atom. The molecule has 0 fully saturated rings. The van der Waals surface area contributed by atoms with Gasteiger partial charge in [0.2, 0.25) is 0 Å². The van der Waals surface area contributed by atoms with Crippen molar-refractivity contribution in [3.05, 3.63) is 36.2 Å². The van der Waals surface area contributed by atoms with Gasteiger partial charge in [0.1, 0.15) is 11.8 Å². The van der Waals surface area contributed by atoms with Crippen LogP contribution in [0.2, 0.25) is 0 Å². The highest BCUT2D eigenvalue weighted by molar-refractivity contribution is 5.49. The molecular weight excluding hydrogens is 138 g/mol. The number of hydrogen-bond donors (Lipinski definition) is 0. The average Bonchev–Trinajstić information content (AvgIpc) is 2.04. The highest BCUT2D eigenvalue weighted by Crippen LogP contribution is 2.19. The number of hydrogen-bond acceptors (Lipinski definition) is 2. The van der Waals surface area contributed by atoms with Gasteiger partial charge in [0, 0.05) is 0 Å². The summed E-state index contributed by atoms with van der Waals surface area (Å²) in [6, 6.07) is 7.36. The fourth-order valence-electron chi connectivity index (χ4n) is 0.874. The molecule has 0 aromatic heterocycles. The van der Waals surface area contributed by atoms with Gasteiger partial charge in [-0.25, -0.2) is 0 Å². The highest BCUT2D eigenvalue weighted by Gasteiger charge is 2.02. The second-order valence-electron chi connectivity index (χ2n) is 2.11. The van der Waals surface area contributed by atoms with E-state index in [0.29, 0.717) is 16.9 Å². The molecule has 0 spiro atoms. The first kappa shape index (κ1) is 7.62. The van der Waals surface area contributed by atoms with Crippen molar-refractivity contribution in [3.63, 3.8) is 0 Å². The molecule has 0 saturated heterocycles. The van der Waals surface area contributed by atoms with E-state index in [1.165, 1.54) is 7.11 Å². The molecule has 1 rings (SSSR count). The quantitative estimate of drug-likeness (QED) is 0.604. The predicted molar refractivity (Wildman–Crippen MR) is 42.2 cm³/mol. The molecule has 1 aromatic carbocycles. The van der Waals surface area contributed by atoms with E-state index in [2.05, 4.69) is 6.92 Å². The van der Waals surface area contributed by atoms with Gasteiger partial charge in [-0.05, 0) is 18.6 Å². The Labute approximate surface area is 66.0 Å². The van der Waals surface area contributed by atoms with Crippen LogP contribution in [0.5, 0.6) is 5.75 Å². The fourth-order valence-corrected chi connectivity index (χ4v) is 0.874. The van der Waals surface area contributed by atoms with Gasteiger partial charge in [-0.2, -0.15) is 5.26 Å². The van der Waals surface area contributed by atoms with Crippen LogP contribution in [-0.4, -0.2) is 7.11 Å². The summed E-state index contributed by atoms with van der Waals surface area (Å²) in [6.45, 7) is 3.70. The topological polar surface area (TPSA) is 33.0 Å². The molecule has 55 valence electrons. The van der Waals surface area contributed by atoms with Gasteiger partial charge < -0.3 is 4.74 Å². The Balaban J connectivity index is 3.27. The SMILES string of the molecule is [CH2]c1cccc(OC)c1C#N. The second-order valence-corrected chi connectivity index (χ2v) is 2.11. The summed E-state index contributed by atoms with van der Waals surface area (Å²) in [7, 11) is 1.54. The molecule has 2 heteroatoms. The van der Waals surface area contributed by atoms with E-state index < -0.39 is 0 Å². The molecule has 0 aliphatic heterocycles. The van der Waals surface area contributed by atoms with Gasteiger partial charge in [0.25, 0.3) is 0 Å². The van der Waals surface area contributed by atoms with Crippen molar-refractivity contribution < 1.29 is 4.74 Å². The summed E-state index contributed by atoms with van der Waals surface area (Å²) in [5.74, 6) is 0.583. The number of nitriles is 1. The van der Waals surface area contributed by atoms with E-state index in [1.54, 1.807) is 12.1 Å². The first-order valence-corrected chi connectivity index (χ1v) is 3.18. The highest BCUT2D eigenvalue weighted by atomic mass is 16.5. The standard InChI is InChI=1S/C9H8NO/c1-7-4-3-5-9(11-2)8(7)6-10/h3-5H,1H2,2H3. The van der Waals surface area contributed by atoms with E-state index in [0.717, 1.165) is 0 Å². The van der Waals surface area contributed by atoms with E-state index in [4.69, 9.17) is 10.00 Å². The first-order valence-electron chi connectivity index (χ1n) is 3.18. The third kappa shape index (κ3) is 1.32. The van der Waals surface area contributed by atoms with Crippen LogP contribution in [0, 0.1) is 18.3 Å². The zero-order valence-electron chi connectivity index (χ0n) is 6.29. The largest absolute Gasteiger partial charge is 0.495 e. The van der Waals surface area contributed by atoms with Crippen molar-refractivity contribution >= 4 is 0 Å². The van der Waals surface area contributed by atoms with Crippen LogP contribution >= 0.6 is 0 Å². The van der Waals surface area contributed by atoms with Gasteiger partial charge >= 0.3 is 0 Å². The summed E-state index contributed by atoms with van der Waals surface area (Å²) in [5, 5.41) is 8.66. The van der Waals surface area contributed by atoms with E-state index >= 15 is 0 Å². The minimum atomic E-state index is 0.509. The van der Waals surface area contributed by atoms with Crippen LogP contribution in [0.3, 0.4) is 0 Å². The fraction of sp³-hybridized carbons (Fsp3) is 0.111. The maximum atomic E-state index is 8.66. The number of nitrogens with zero attached hydrogens (tertiary/aromatic N) is 1. The van der Waals surface area contributed by atoms with Crippen molar-refractivity contribution in [2.45, 2.75) is 0 Å². The maximum absolute atomic E-state index is 8.66. The van der Waals surface area contributed by atoms with Crippen LogP contribution in [0.1, 0.15) is 11.1 Å². The molecule has 1 radical (unpaired) electrons. The lowest BCUT2D eigenvalue weighted by Gasteiger charge is -2.02. The van der Waals surface area contributed by atoms with Crippen LogP contribution in [0.25, 0.3) is 0 Å². The third-order valence-electron chi connectivity index (χ3n) is 1.44. The number of rotatable bonds is 1. The molecule has 0 saturated carbocycles. The Morgan fingerprint density at radius 3 is 2.73 bits per heavy atom. The van der Waals surface area contributed by atoms with Gasteiger partial charge in [0.15, 0.2) is 0 Å². The van der Waals surface area contributed by atoms with Crippen molar-refractivity contribution in [3.8, 4) is 11.8 Å². The summed E-state index contributed by atoms with van der Waals surface area (Å²) in [5.41, 5.74) is 1.21. The lowest BCUT2D eigenvalue weighted by atomic mass is 10.1. The van der Waals surface area contributed by atoms with Crippen molar-refractivity contribution in [2.75, 3.05) is 7.11 Å². The molecule has 0 atom stereocenters. The van der Waals surface area contributed by atoms with Crippen molar-refractivity contribution in [2.24, 2.45) is 0 Å². The van der Waals surface area contributed by atoms with E-state index in [9.17, 15) is 0 Å². The normalized spacial score (nSPS) is 8.82. The summed E-state index contributed by atoms with van der Waals surface area (Å²) in [6.07, 6.45) is 0. The van der Waals surface area contributed by atoms with Crippen LogP contribution in [-0.2, 0) is 0 Å². The molecule has 0 aliphatic carbocycles. The number of methoxy groups -OCH3 is 1. The molecule has 1 aromatic rings. The maximum Gasteiger partial charge on any atom is 0.136 e. The zero-order chi connectivity index (χ0) is 8.27. The molecule has 0 unspecified atom stereocenters. The van der Waals surface area contributed by atoms with Crippen LogP contribution in [0.4, 0.5) is 0 Å². The van der Waals surface area contributed by atoms with Crippen molar-refractivity contribution in [1.82, 2.24) is 0 Å². The lowest BCUT2D eigenvalue weighted by molar-refractivity contribution is 0.413. The van der Waals surface area contributed by atoms with Gasteiger partial charge in [-0.3, -0.25) is 0 Å². The number of ether oxygens (including phenoxy) is 1. The molecule has 0 N–H and O–H groups in total. The van der Waals surface area contributed by atoms with Crippen LogP contribution < -0.4 is 4.74 Å². The average molecular weight is 146 g/mol. The van der Waals surface area contributed by atoms with E-state index in [-0.39, 0.29) is 0 Å². The Kier molecular flexibility index (Phi) is 2.12. The summed E-state index contributed by atoms with van der Waals surface area (Å²) < 4.78 is 4.95. The molecule has 0 heterocycles. The second kappa shape index (κ2) is 3.07. The summed E-state index contributed by atoms with van der Waals surface area (Å²) in [4.78, 5) is 0. The molecule has 0 aliphatic rings. The van der Waals surface area contributed by atoms with Gasteiger partial charge in [-0.1, -0.05) is 12.1 Å². The molecule has 0 amide bonds. The third-order valence-corrected chi connectivity index (χ3v) is 1.44. The van der Waals surface area contributed by atoms with Gasteiger partial charge in [0.05, 0.1) is 12.7 Å². The Hall–Kier alpha value is -1.49. The molecule has 0 bridgehead atoms. The minimum Gasteiger partial charge on any atom is -0.495 e. The van der Waals surface area contributed by atoms with Gasteiger partial charge in [-0.15, -0.1) is 0 Å². The minimum absolute atomic E-state index is 0.509. The predicted octanol–water partition coefficient (Wildman–Crippen LogP) is 1.75. The lowest BCUT2D eigenvalue weighted by Crippen LogP contribution is -1.89. The molecular formula is C9H8NO. The smallest absolute Gasteiger partial charge is 0.136 e. The number of benzene rings is 1. The first-order chi connectivity index (χ1) is 5.29. The van der Waals surface area contributed by atoms with Crippen molar-refractivity contribution in [1.29, 1.82) is 5.26 Å². The molecule has 11 heavy (non-hydrogen) atoms. The Morgan fingerprint density at radius 2 is 2.27 bits per heavy atom. The molecule has 2 nitrogen and oxygen atoms in total. The van der Waals surface area contributed by atoms with Crippen LogP contribution in [0.15, 0.2) is 18.2 Å².